The lowest BCUT2D eigenvalue weighted by molar-refractivity contribution is -0.141. The van der Waals surface area contributed by atoms with Crippen molar-refractivity contribution >= 4 is 0 Å². The molecule has 0 aromatic carbocycles. The first-order chi connectivity index (χ1) is 5.95. The number of aromatic nitrogens is 1. The Balaban J connectivity index is 3.20. The minimum atomic E-state index is -4.69. The van der Waals surface area contributed by atoms with Gasteiger partial charge in [-0.25, -0.2) is 4.39 Å². The van der Waals surface area contributed by atoms with Crippen molar-refractivity contribution in [2.45, 2.75) is 6.18 Å². The van der Waals surface area contributed by atoms with E-state index in [1.165, 1.54) is 6.07 Å². The van der Waals surface area contributed by atoms with Crippen LogP contribution in [0.15, 0.2) is 12.3 Å². The van der Waals surface area contributed by atoms with E-state index in [1.807, 2.05) is 0 Å². The largest absolute Gasteiger partial charge is 0.433 e. The summed E-state index contributed by atoms with van der Waals surface area (Å²) in [4.78, 5) is 2.89. The van der Waals surface area contributed by atoms with E-state index >= 15 is 0 Å². The number of pyridine rings is 1. The van der Waals surface area contributed by atoms with Crippen LogP contribution in [0.3, 0.4) is 0 Å². The van der Waals surface area contributed by atoms with E-state index in [1.54, 1.807) is 0 Å². The molecule has 0 aliphatic rings. The average Bonchev–Trinajstić information content (AvgIpc) is 2.02. The predicted octanol–water partition coefficient (Wildman–Crippen LogP) is 2.11. The van der Waals surface area contributed by atoms with Crippen LogP contribution in [0.25, 0.3) is 0 Å². The second-order valence-corrected chi connectivity index (χ2v) is 2.16. The topological polar surface area (TPSA) is 36.7 Å². The van der Waals surface area contributed by atoms with Gasteiger partial charge in [-0.1, -0.05) is 0 Å². The zero-order valence-electron chi connectivity index (χ0n) is 6.06. The zero-order chi connectivity index (χ0) is 10.1. The summed E-state index contributed by atoms with van der Waals surface area (Å²) in [6.45, 7) is 0. The SMILES string of the molecule is N#Cc1cnc(C(F)(F)F)cc1F. The van der Waals surface area contributed by atoms with Crippen molar-refractivity contribution in [3.63, 3.8) is 0 Å². The van der Waals surface area contributed by atoms with Crippen LogP contribution in [0.1, 0.15) is 11.3 Å². The van der Waals surface area contributed by atoms with Crippen LogP contribution in [-0.2, 0) is 6.18 Å². The Morgan fingerprint density at radius 1 is 1.38 bits per heavy atom. The highest BCUT2D eigenvalue weighted by Crippen LogP contribution is 2.27. The van der Waals surface area contributed by atoms with Crippen molar-refractivity contribution in [2.24, 2.45) is 0 Å². The van der Waals surface area contributed by atoms with Gasteiger partial charge in [0, 0.05) is 12.3 Å². The van der Waals surface area contributed by atoms with Crippen LogP contribution in [0.2, 0.25) is 0 Å². The van der Waals surface area contributed by atoms with Gasteiger partial charge in [-0.05, 0) is 0 Å². The van der Waals surface area contributed by atoms with Crippen molar-refractivity contribution in [1.29, 1.82) is 5.26 Å². The maximum atomic E-state index is 12.6. The van der Waals surface area contributed by atoms with E-state index in [2.05, 4.69) is 4.98 Å². The number of hydrogen-bond donors (Lipinski definition) is 0. The lowest BCUT2D eigenvalue weighted by Gasteiger charge is -2.04. The molecular weight excluding hydrogens is 188 g/mol. The highest BCUT2D eigenvalue weighted by Gasteiger charge is 2.33. The van der Waals surface area contributed by atoms with Crippen LogP contribution in [0.4, 0.5) is 17.6 Å². The third kappa shape index (κ3) is 1.93. The molecule has 1 aromatic rings. The van der Waals surface area contributed by atoms with E-state index in [9.17, 15) is 17.6 Å². The molecule has 0 saturated heterocycles. The third-order valence-electron chi connectivity index (χ3n) is 1.26. The maximum absolute atomic E-state index is 12.6. The Kier molecular flexibility index (Phi) is 2.19. The smallest absolute Gasteiger partial charge is 0.250 e. The molecule has 2 nitrogen and oxygen atoms in total. The fraction of sp³-hybridized carbons (Fsp3) is 0.143. The van der Waals surface area contributed by atoms with E-state index in [-0.39, 0.29) is 6.07 Å². The van der Waals surface area contributed by atoms with E-state index < -0.39 is 23.3 Å². The summed E-state index contributed by atoms with van der Waals surface area (Å²) in [5.41, 5.74) is -1.85. The summed E-state index contributed by atoms with van der Waals surface area (Å²) in [7, 11) is 0. The average molecular weight is 190 g/mol. The molecule has 0 unspecified atom stereocenters. The van der Waals surface area contributed by atoms with Crippen LogP contribution in [-0.4, -0.2) is 4.98 Å². The molecule has 1 heterocycles. The van der Waals surface area contributed by atoms with Gasteiger partial charge in [-0.3, -0.25) is 4.98 Å². The first-order valence-corrected chi connectivity index (χ1v) is 3.08. The van der Waals surface area contributed by atoms with Gasteiger partial charge in [0.05, 0.1) is 0 Å². The zero-order valence-corrected chi connectivity index (χ0v) is 6.06. The molecule has 0 fully saturated rings. The fourth-order valence-corrected chi connectivity index (χ4v) is 0.668. The Morgan fingerprint density at radius 2 is 2.00 bits per heavy atom. The highest BCUT2D eigenvalue weighted by atomic mass is 19.4. The van der Waals surface area contributed by atoms with E-state index in [0.717, 1.165) is 0 Å². The van der Waals surface area contributed by atoms with Crippen LogP contribution in [0, 0.1) is 17.1 Å². The summed E-state index contributed by atoms with van der Waals surface area (Å²) in [6, 6.07) is 1.56. The lowest BCUT2D eigenvalue weighted by atomic mass is 10.2. The molecule has 0 N–H and O–H groups in total. The Hall–Kier alpha value is -1.64. The highest BCUT2D eigenvalue weighted by molar-refractivity contribution is 5.29. The number of halogens is 4. The second-order valence-electron chi connectivity index (χ2n) is 2.16. The molecule has 0 bridgehead atoms. The molecule has 13 heavy (non-hydrogen) atoms. The van der Waals surface area contributed by atoms with Crippen molar-refractivity contribution in [3.8, 4) is 6.07 Å². The monoisotopic (exact) mass is 190 g/mol. The molecule has 0 aliphatic carbocycles. The van der Waals surface area contributed by atoms with Crippen LogP contribution in [0.5, 0.6) is 0 Å². The van der Waals surface area contributed by atoms with Crippen LogP contribution >= 0.6 is 0 Å². The number of alkyl halides is 3. The molecule has 0 amide bonds. The summed E-state index contributed by atoms with van der Waals surface area (Å²) in [5, 5.41) is 8.20. The van der Waals surface area contributed by atoms with Gasteiger partial charge in [0.25, 0.3) is 0 Å². The summed E-state index contributed by atoms with van der Waals surface area (Å²) >= 11 is 0. The molecule has 6 heteroatoms. The number of rotatable bonds is 0. The van der Waals surface area contributed by atoms with E-state index in [4.69, 9.17) is 5.26 Å². The van der Waals surface area contributed by atoms with Crippen molar-refractivity contribution < 1.29 is 17.6 Å². The standard InChI is InChI=1S/C7H2F4N2/c8-5-1-6(7(9,10)11)13-3-4(5)2-12/h1,3H. The van der Waals surface area contributed by atoms with Crippen molar-refractivity contribution in [1.82, 2.24) is 4.98 Å². The molecule has 1 aromatic heterocycles. The molecule has 0 spiro atoms. The third-order valence-corrected chi connectivity index (χ3v) is 1.26. The predicted molar refractivity (Wildman–Crippen MR) is 33.9 cm³/mol. The second kappa shape index (κ2) is 3.01. The first-order valence-electron chi connectivity index (χ1n) is 3.08. The molecule has 0 atom stereocenters. The van der Waals surface area contributed by atoms with Crippen LogP contribution < -0.4 is 0 Å². The Labute approximate surface area is 70.4 Å². The van der Waals surface area contributed by atoms with Crippen molar-refractivity contribution in [2.75, 3.05) is 0 Å². The minimum Gasteiger partial charge on any atom is -0.250 e. The summed E-state index contributed by atoms with van der Waals surface area (Å²) < 4.78 is 48.3. The van der Waals surface area contributed by atoms with Gasteiger partial charge in [0.2, 0.25) is 0 Å². The molecule has 68 valence electrons. The fourth-order valence-electron chi connectivity index (χ4n) is 0.668. The number of nitriles is 1. The van der Waals surface area contributed by atoms with Gasteiger partial charge < -0.3 is 0 Å². The summed E-state index contributed by atoms with van der Waals surface area (Å²) in [6.07, 6.45) is -4.13. The Morgan fingerprint density at radius 3 is 2.38 bits per heavy atom. The Bertz CT molecular complexity index is 364. The van der Waals surface area contributed by atoms with E-state index in [0.29, 0.717) is 6.20 Å². The van der Waals surface area contributed by atoms with Gasteiger partial charge in [0.15, 0.2) is 0 Å². The first kappa shape index (κ1) is 9.45. The molecule has 0 radical (unpaired) electrons. The maximum Gasteiger partial charge on any atom is 0.433 e. The number of hydrogen-bond acceptors (Lipinski definition) is 2. The summed E-state index contributed by atoms with van der Waals surface area (Å²) in [5.74, 6) is -1.22. The number of nitrogens with zero attached hydrogens (tertiary/aromatic N) is 2. The molecule has 0 aliphatic heterocycles. The quantitative estimate of drug-likeness (QED) is 0.587. The van der Waals surface area contributed by atoms with Gasteiger partial charge in [-0.15, -0.1) is 0 Å². The normalized spacial score (nSPS) is 11.0. The molecule has 0 saturated carbocycles. The molecular formula is C7H2F4N2. The van der Waals surface area contributed by atoms with Gasteiger partial charge >= 0.3 is 6.18 Å². The minimum absolute atomic E-state index is 0.193. The lowest BCUT2D eigenvalue weighted by Crippen LogP contribution is -2.08. The van der Waals surface area contributed by atoms with Gasteiger partial charge in [-0.2, -0.15) is 18.4 Å². The molecule has 1 rings (SSSR count). The van der Waals surface area contributed by atoms with Gasteiger partial charge in [0.1, 0.15) is 23.1 Å². The van der Waals surface area contributed by atoms with Crippen molar-refractivity contribution in [3.05, 3.63) is 29.3 Å².